The number of para-hydroxylation sites is 2. The van der Waals surface area contributed by atoms with Crippen molar-refractivity contribution in [1.29, 1.82) is 0 Å². The molecular formula is C9H11N5S. The van der Waals surface area contributed by atoms with E-state index in [4.69, 9.17) is 11.5 Å². The Balaban J connectivity index is 2.12. The first kappa shape index (κ1) is 9.85. The molecule has 0 fully saturated rings. The van der Waals surface area contributed by atoms with Gasteiger partial charge in [-0.15, -0.1) is 0 Å². The van der Waals surface area contributed by atoms with Gasteiger partial charge in [0.2, 0.25) is 0 Å². The molecule has 0 radical (unpaired) electrons. The maximum atomic E-state index is 5.21. The van der Waals surface area contributed by atoms with E-state index in [2.05, 4.69) is 14.4 Å². The van der Waals surface area contributed by atoms with Crippen LogP contribution in [0.15, 0.2) is 28.7 Å². The molecule has 78 valence electrons. The standard InChI is InChI=1S/C9H11N5S/c10-9(11)14-15-5-8-12-6-3-1-2-4-7(6)13-8/h1-4H,5H2,(H,12,13)(H4,10,11,14). The summed E-state index contributed by atoms with van der Waals surface area (Å²) in [6.45, 7) is 0. The van der Waals surface area contributed by atoms with E-state index in [9.17, 15) is 0 Å². The molecule has 1 heterocycles. The lowest BCUT2D eigenvalue weighted by molar-refractivity contribution is 1.14. The van der Waals surface area contributed by atoms with E-state index < -0.39 is 0 Å². The zero-order valence-electron chi connectivity index (χ0n) is 7.97. The summed E-state index contributed by atoms with van der Waals surface area (Å²) in [6, 6.07) is 7.86. The van der Waals surface area contributed by atoms with Crippen molar-refractivity contribution in [3.8, 4) is 0 Å². The Morgan fingerprint density at radius 1 is 1.40 bits per heavy atom. The minimum absolute atomic E-state index is 0.0797. The minimum Gasteiger partial charge on any atom is -0.369 e. The number of aromatic nitrogens is 2. The van der Waals surface area contributed by atoms with Crippen molar-refractivity contribution in [2.45, 2.75) is 5.75 Å². The first-order chi connectivity index (χ1) is 7.25. The van der Waals surface area contributed by atoms with E-state index in [1.807, 2.05) is 24.3 Å². The lowest BCUT2D eigenvalue weighted by Crippen LogP contribution is -2.21. The molecule has 1 aromatic carbocycles. The number of H-pyrrole nitrogens is 1. The van der Waals surface area contributed by atoms with Crippen molar-refractivity contribution in [3.63, 3.8) is 0 Å². The molecule has 0 saturated heterocycles. The van der Waals surface area contributed by atoms with Crippen LogP contribution in [0.3, 0.4) is 0 Å². The summed E-state index contributed by atoms with van der Waals surface area (Å²) >= 11 is 1.27. The molecule has 0 amide bonds. The minimum atomic E-state index is 0.0797. The molecular weight excluding hydrogens is 210 g/mol. The van der Waals surface area contributed by atoms with Crippen molar-refractivity contribution in [3.05, 3.63) is 30.1 Å². The lowest BCUT2D eigenvalue weighted by Gasteiger charge is -1.91. The summed E-state index contributed by atoms with van der Waals surface area (Å²) in [7, 11) is 0. The third kappa shape index (κ3) is 2.41. The van der Waals surface area contributed by atoms with E-state index in [1.165, 1.54) is 11.9 Å². The maximum absolute atomic E-state index is 5.21. The summed E-state index contributed by atoms with van der Waals surface area (Å²) in [5.74, 6) is 1.58. The average molecular weight is 221 g/mol. The van der Waals surface area contributed by atoms with Crippen LogP contribution in [-0.2, 0) is 5.75 Å². The molecule has 5 N–H and O–H groups in total. The van der Waals surface area contributed by atoms with Crippen LogP contribution in [-0.4, -0.2) is 15.9 Å². The molecule has 0 spiro atoms. The van der Waals surface area contributed by atoms with Gasteiger partial charge in [-0.05, 0) is 24.1 Å². The zero-order chi connectivity index (χ0) is 10.7. The van der Waals surface area contributed by atoms with Gasteiger partial charge in [0.05, 0.1) is 16.8 Å². The molecule has 6 heteroatoms. The Bertz CT molecular complexity index is 453. The predicted molar refractivity (Wildman–Crippen MR) is 63.2 cm³/mol. The largest absolute Gasteiger partial charge is 0.369 e. The molecule has 2 rings (SSSR count). The van der Waals surface area contributed by atoms with E-state index in [1.54, 1.807) is 0 Å². The Morgan fingerprint density at radius 3 is 2.93 bits per heavy atom. The van der Waals surface area contributed by atoms with Gasteiger partial charge >= 0.3 is 0 Å². The number of nitrogens with zero attached hydrogens (tertiary/aromatic N) is 2. The van der Waals surface area contributed by atoms with Crippen molar-refractivity contribution in [2.75, 3.05) is 0 Å². The van der Waals surface area contributed by atoms with E-state index in [0.29, 0.717) is 5.75 Å². The average Bonchev–Trinajstić information content (AvgIpc) is 2.59. The second-order valence-electron chi connectivity index (χ2n) is 2.99. The lowest BCUT2D eigenvalue weighted by atomic mass is 10.3. The van der Waals surface area contributed by atoms with Gasteiger partial charge in [0.1, 0.15) is 5.82 Å². The number of hydrogen-bond donors (Lipinski definition) is 3. The van der Waals surface area contributed by atoms with Gasteiger partial charge in [0.15, 0.2) is 5.96 Å². The number of nitrogens with two attached hydrogens (primary N) is 2. The van der Waals surface area contributed by atoms with Gasteiger partial charge in [-0.2, -0.15) is 4.40 Å². The molecule has 2 aromatic rings. The van der Waals surface area contributed by atoms with Gasteiger partial charge < -0.3 is 16.5 Å². The number of guanidine groups is 1. The van der Waals surface area contributed by atoms with Crippen molar-refractivity contribution < 1.29 is 0 Å². The summed E-state index contributed by atoms with van der Waals surface area (Å²) in [6.07, 6.45) is 0. The van der Waals surface area contributed by atoms with E-state index in [0.717, 1.165) is 16.9 Å². The van der Waals surface area contributed by atoms with Crippen LogP contribution in [0.25, 0.3) is 11.0 Å². The highest BCUT2D eigenvalue weighted by Gasteiger charge is 2.01. The Kier molecular flexibility index (Phi) is 2.77. The molecule has 0 atom stereocenters. The van der Waals surface area contributed by atoms with Crippen LogP contribution in [0.2, 0.25) is 0 Å². The van der Waals surface area contributed by atoms with E-state index in [-0.39, 0.29) is 5.96 Å². The number of aromatic amines is 1. The van der Waals surface area contributed by atoms with Gasteiger partial charge in [0, 0.05) is 0 Å². The number of imidazole rings is 1. The third-order valence-corrected chi connectivity index (χ3v) is 2.55. The van der Waals surface area contributed by atoms with Crippen LogP contribution in [0.5, 0.6) is 0 Å². The number of rotatable bonds is 3. The van der Waals surface area contributed by atoms with Crippen LogP contribution < -0.4 is 11.5 Å². The van der Waals surface area contributed by atoms with Crippen LogP contribution in [0, 0.1) is 0 Å². The Hall–Kier alpha value is -1.69. The second kappa shape index (κ2) is 4.22. The van der Waals surface area contributed by atoms with Crippen LogP contribution >= 0.6 is 11.9 Å². The van der Waals surface area contributed by atoms with Crippen molar-refractivity contribution >= 4 is 28.9 Å². The van der Waals surface area contributed by atoms with Gasteiger partial charge in [-0.25, -0.2) is 4.98 Å². The quantitative estimate of drug-likeness (QED) is 0.409. The fourth-order valence-corrected chi connectivity index (χ4v) is 1.71. The third-order valence-electron chi connectivity index (χ3n) is 1.81. The van der Waals surface area contributed by atoms with Crippen LogP contribution in [0.1, 0.15) is 5.82 Å². The monoisotopic (exact) mass is 221 g/mol. The highest BCUT2D eigenvalue weighted by Crippen LogP contribution is 2.15. The SMILES string of the molecule is NC(N)=NSCc1nc2ccccc2[nH]1. The molecule has 0 aliphatic carbocycles. The van der Waals surface area contributed by atoms with E-state index >= 15 is 0 Å². The number of nitrogens with one attached hydrogen (secondary N) is 1. The molecule has 15 heavy (non-hydrogen) atoms. The molecule has 0 bridgehead atoms. The Morgan fingerprint density at radius 2 is 2.20 bits per heavy atom. The Labute approximate surface area is 91.1 Å². The zero-order valence-corrected chi connectivity index (χ0v) is 8.79. The smallest absolute Gasteiger partial charge is 0.197 e. The van der Waals surface area contributed by atoms with Crippen molar-refractivity contribution in [2.24, 2.45) is 15.9 Å². The molecule has 0 saturated carbocycles. The van der Waals surface area contributed by atoms with Crippen LogP contribution in [0.4, 0.5) is 0 Å². The highest BCUT2D eigenvalue weighted by atomic mass is 32.2. The topological polar surface area (TPSA) is 93.1 Å². The summed E-state index contributed by atoms with van der Waals surface area (Å²) in [5, 5.41) is 0. The molecule has 0 aliphatic heterocycles. The molecule has 1 aromatic heterocycles. The van der Waals surface area contributed by atoms with Gasteiger partial charge in [-0.3, -0.25) is 0 Å². The van der Waals surface area contributed by atoms with Crippen molar-refractivity contribution in [1.82, 2.24) is 9.97 Å². The second-order valence-corrected chi connectivity index (χ2v) is 3.72. The normalized spacial score (nSPS) is 10.4. The number of fused-ring (bicyclic) bond motifs is 1. The molecule has 0 aliphatic rings. The molecule has 0 unspecified atom stereocenters. The maximum Gasteiger partial charge on any atom is 0.197 e. The van der Waals surface area contributed by atoms with Gasteiger partial charge in [0.25, 0.3) is 0 Å². The fourth-order valence-electron chi connectivity index (χ4n) is 1.24. The van der Waals surface area contributed by atoms with Gasteiger partial charge in [-0.1, -0.05) is 12.1 Å². The summed E-state index contributed by atoms with van der Waals surface area (Å²) in [4.78, 5) is 7.57. The first-order valence-corrected chi connectivity index (χ1v) is 5.34. The number of hydrogen-bond acceptors (Lipinski definition) is 3. The molecule has 5 nitrogen and oxygen atoms in total. The summed E-state index contributed by atoms with van der Waals surface area (Å²) in [5.41, 5.74) is 12.4. The first-order valence-electron chi connectivity index (χ1n) is 4.40. The summed E-state index contributed by atoms with van der Waals surface area (Å²) < 4.78 is 3.82. The highest BCUT2D eigenvalue weighted by molar-refractivity contribution is 7.97. The predicted octanol–water partition coefficient (Wildman–Crippen LogP) is 0.985. The fraction of sp³-hybridized carbons (Fsp3) is 0.111. The number of benzene rings is 1.